The Morgan fingerprint density at radius 1 is 1.31 bits per heavy atom. The monoisotopic (exact) mass is 490 g/mol. The van der Waals surface area contributed by atoms with Gasteiger partial charge in [-0.1, -0.05) is 17.7 Å². The molecular weight excluding hydrogens is 469 g/mol. The van der Waals surface area contributed by atoms with Crippen LogP contribution in [0, 0.1) is 23.5 Å². The van der Waals surface area contributed by atoms with E-state index in [4.69, 9.17) is 16.3 Å². The maximum Gasteiger partial charge on any atom is 0.268 e. The summed E-state index contributed by atoms with van der Waals surface area (Å²) < 4.78 is 75.3. The number of anilines is 2. The molecule has 0 saturated carbocycles. The number of halogens is 4. The van der Waals surface area contributed by atoms with E-state index in [1.807, 2.05) is 11.8 Å². The van der Waals surface area contributed by atoms with Crippen molar-refractivity contribution in [3.8, 4) is 0 Å². The minimum Gasteiger partial charge on any atom is -0.378 e. The van der Waals surface area contributed by atoms with Gasteiger partial charge in [0.2, 0.25) is 5.95 Å². The summed E-state index contributed by atoms with van der Waals surface area (Å²) in [5, 5.41) is -0.486. The number of ether oxygens (including phenoxy) is 1. The third-order valence-electron chi connectivity index (χ3n) is 5.74. The zero-order valence-corrected chi connectivity index (χ0v) is 18.8. The van der Waals surface area contributed by atoms with Gasteiger partial charge in [0.15, 0.2) is 10.7 Å². The van der Waals surface area contributed by atoms with E-state index in [1.165, 1.54) is 6.07 Å². The van der Waals surface area contributed by atoms with Crippen molar-refractivity contribution in [3.05, 3.63) is 46.9 Å². The second-order valence-corrected chi connectivity index (χ2v) is 10.0. The number of aromatic nitrogens is 1. The number of nitrogens with one attached hydrogen (secondary N) is 1. The summed E-state index contributed by atoms with van der Waals surface area (Å²) in [6, 6.07) is 4.68. The quantitative estimate of drug-likeness (QED) is 0.475. The fourth-order valence-electron chi connectivity index (χ4n) is 3.93. The van der Waals surface area contributed by atoms with Crippen LogP contribution in [0.15, 0.2) is 29.2 Å². The van der Waals surface area contributed by atoms with Crippen LogP contribution in [0.4, 0.5) is 24.7 Å². The van der Waals surface area contributed by atoms with E-state index in [9.17, 15) is 21.6 Å². The highest BCUT2D eigenvalue weighted by Crippen LogP contribution is 2.37. The van der Waals surface area contributed by atoms with E-state index in [0.29, 0.717) is 32.3 Å². The van der Waals surface area contributed by atoms with Crippen LogP contribution in [-0.2, 0) is 14.8 Å². The molecule has 3 heterocycles. The number of pyridine rings is 1. The Morgan fingerprint density at radius 3 is 2.72 bits per heavy atom. The molecule has 2 aliphatic rings. The molecule has 4 rings (SSSR count). The molecule has 0 bridgehead atoms. The topological polar surface area (TPSA) is 74.8 Å². The van der Waals surface area contributed by atoms with Crippen LogP contribution in [-0.4, -0.2) is 64.2 Å². The lowest BCUT2D eigenvalue weighted by Crippen LogP contribution is -2.48. The van der Waals surface area contributed by atoms with Crippen LogP contribution in [0.25, 0.3) is 0 Å². The third-order valence-corrected chi connectivity index (χ3v) is 7.49. The van der Waals surface area contributed by atoms with Gasteiger partial charge in [-0.2, -0.15) is 4.39 Å². The standard InChI is InChI=1S/C20H22ClF3N4O3S/c1-27(13-10-31-11-13)8-12-5-6-28(9-12)15-7-14(22)20(19(24)18(15)21)32(29,30)26-17-4-2-3-16(23)25-17/h2-4,7,12-13H,5-6,8-11H2,1H3,(H,25,26)/t12-/m0/s1. The van der Waals surface area contributed by atoms with Gasteiger partial charge in [0.05, 0.1) is 24.9 Å². The lowest BCUT2D eigenvalue weighted by Gasteiger charge is -2.36. The van der Waals surface area contributed by atoms with Crippen LogP contribution in [0.3, 0.4) is 0 Å². The summed E-state index contributed by atoms with van der Waals surface area (Å²) in [5.74, 6) is -3.78. The van der Waals surface area contributed by atoms with Gasteiger partial charge in [0, 0.05) is 25.7 Å². The molecule has 0 aliphatic carbocycles. The van der Waals surface area contributed by atoms with Gasteiger partial charge in [-0.15, -0.1) is 0 Å². The van der Waals surface area contributed by atoms with E-state index in [2.05, 4.69) is 9.88 Å². The van der Waals surface area contributed by atoms with Gasteiger partial charge in [0.1, 0.15) is 16.7 Å². The first-order valence-electron chi connectivity index (χ1n) is 10.0. The van der Waals surface area contributed by atoms with Crippen LogP contribution >= 0.6 is 11.6 Å². The zero-order chi connectivity index (χ0) is 23.0. The van der Waals surface area contributed by atoms with Crippen molar-refractivity contribution in [1.82, 2.24) is 9.88 Å². The lowest BCUT2D eigenvalue weighted by molar-refractivity contribution is -0.0591. The minimum atomic E-state index is -4.74. The predicted octanol–water partition coefficient (Wildman–Crippen LogP) is 3.11. The highest BCUT2D eigenvalue weighted by molar-refractivity contribution is 7.92. The molecule has 174 valence electrons. The molecule has 1 N–H and O–H groups in total. The Balaban J connectivity index is 1.54. The van der Waals surface area contributed by atoms with Crippen LogP contribution in [0.1, 0.15) is 6.42 Å². The Hall–Kier alpha value is -2.08. The molecule has 1 aromatic carbocycles. The van der Waals surface area contributed by atoms with E-state index in [0.717, 1.165) is 31.2 Å². The molecule has 1 aromatic heterocycles. The highest BCUT2D eigenvalue weighted by Gasteiger charge is 2.33. The van der Waals surface area contributed by atoms with Gasteiger partial charge in [-0.05, 0) is 31.5 Å². The summed E-state index contributed by atoms with van der Waals surface area (Å²) in [6.45, 7) is 3.28. The van der Waals surface area contributed by atoms with Crippen LogP contribution in [0.2, 0.25) is 5.02 Å². The van der Waals surface area contributed by atoms with Gasteiger partial charge in [-0.25, -0.2) is 22.2 Å². The van der Waals surface area contributed by atoms with Crippen LogP contribution < -0.4 is 9.62 Å². The zero-order valence-electron chi connectivity index (χ0n) is 17.2. The van der Waals surface area contributed by atoms with Crippen molar-refractivity contribution in [2.24, 2.45) is 5.92 Å². The molecule has 2 aromatic rings. The van der Waals surface area contributed by atoms with Gasteiger partial charge in [-0.3, -0.25) is 9.62 Å². The van der Waals surface area contributed by atoms with E-state index in [1.54, 1.807) is 4.90 Å². The highest BCUT2D eigenvalue weighted by atomic mass is 35.5. The summed E-state index contributed by atoms with van der Waals surface area (Å²) in [6.07, 6.45) is 0.810. The molecule has 2 saturated heterocycles. The lowest BCUT2D eigenvalue weighted by atomic mass is 10.1. The maximum atomic E-state index is 15.0. The molecule has 2 fully saturated rings. The Bertz CT molecular complexity index is 1120. The number of rotatable bonds is 7. The van der Waals surface area contributed by atoms with Crippen molar-refractivity contribution >= 4 is 33.1 Å². The predicted molar refractivity (Wildman–Crippen MR) is 114 cm³/mol. The third kappa shape index (κ3) is 4.66. The first-order valence-corrected chi connectivity index (χ1v) is 11.9. The normalized spacial score (nSPS) is 19.4. The molecule has 0 spiro atoms. The van der Waals surface area contributed by atoms with Crippen LogP contribution in [0.5, 0.6) is 0 Å². The molecule has 0 unspecified atom stereocenters. The number of hydrogen-bond acceptors (Lipinski definition) is 6. The summed E-state index contributed by atoms with van der Waals surface area (Å²) in [4.78, 5) is 6.07. The second kappa shape index (κ2) is 9.05. The van der Waals surface area contributed by atoms with E-state index < -0.39 is 43.3 Å². The first-order chi connectivity index (χ1) is 15.2. The molecule has 0 radical (unpaired) electrons. The van der Waals surface area contributed by atoms with Gasteiger partial charge in [0.25, 0.3) is 10.0 Å². The van der Waals surface area contributed by atoms with E-state index >= 15 is 0 Å². The van der Waals surface area contributed by atoms with Gasteiger partial charge < -0.3 is 9.64 Å². The molecule has 7 nitrogen and oxygen atoms in total. The molecule has 2 aliphatic heterocycles. The van der Waals surface area contributed by atoms with Crippen molar-refractivity contribution in [1.29, 1.82) is 0 Å². The number of benzene rings is 1. The van der Waals surface area contributed by atoms with Crippen molar-refractivity contribution < 1.29 is 26.3 Å². The Kier molecular flexibility index (Phi) is 6.53. The van der Waals surface area contributed by atoms with E-state index in [-0.39, 0.29) is 11.6 Å². The fraction of sp³-hybridized carbons (Fsp3) is 0.450. The largest absolute Gasteiger partial charge is 0.378 e. The second-order valence-electron chi connectivity index (χ2n) is 8.02. The number of sulfonamides is 1. The average molecular weight is 491 g/mol. The number of nitrogens with zero attached hydrogens (tertiary/aromatic N) is 3. The first kappa shape index (κ1) is 23.1. The number of hydrogen-bond donors (Lipinski definition) is 1. The van der Waals surface area contributed by atoms with Crippen molar-refractivity contribution in [3.63, 3.8) is 0 Å². The summed E-state index contributed by atoms with van der Waals surface area (Å²) in [5.41, 5.74) is 0.0987. The summed E-state index contributed by atoms with van der Waals surface area (Å²) in [7, 11) is -2.72. The Morgan fingerprint density at radius 2 is 2.06 bits per heavy atom. The number of likely N-dealkylation sites (N-methyl/N-ethyl adjacent to an activating group) is 1. The minimum absolute atomic E-state index is 0.0987. The fourth-order valence-corrected chi connectivity index (χ4v) is 5.40. The molecular formula is C20H22ClF3N4O3S. The SMILES string of the molecule is CN(C[C@@H]1CCN(c2cc(F)c(S(=O)(=O)Nc3cccc(F)n3)c(F)c2Cl)C1)C1COC1. The smallest absolute Gasteiger partial charge is 0.268 e. The maximum absolute atomic E-state index is 15.0. The van der Waals surface area contributed by atoms with Crippen molar-refractivity contribution in [2.75, 3.05) is 49.5 Å². The Labute approximate surface area is 189 Å². The molecule has 1 atom stereocenters. The van der Waals surface area contributed by atoms with Gasteiger partial charge >= 0.3 is 0 Å². The average Bonchev–Trinajstić information content (AvgIpc) is 3.10. The van der Waals surface area contributed by atoms with Crippen molar-refractivity contribution in [2.45, 2.75) is 17.4 Å². The summed E-state index contributed by atoms with van der Waals surface area (Å²) >= 11 is 6.14. The molecule has 32 heavy (non-hydrogen) atoms. The molecule has 12 heteroatoms. The molecule has 0 amide bonds.